The van der Waals surface area contributed by atoms with Crippen LogP contribution in [0.15, 0.2) is 60.7 Å². The van der Waals surface area contributed by atoms with E-state index in [1.165, 1.54) is 0 Å². The van der Waals surface area contributed by atoms with Gasteiger partial charge in [-0.25, -0.2) is 0 Å². The molecule has 1 aliphatic heterocycles. The fourth-order valence-electron chi connectivity index (χ4n) is 3.84. The summed E-state index contributed by atoms with van der Waals surface area (Å²) in [6.45, 7) is 7.53. The third kappa shape index (κ3) is 2.56. The normalized spacial score (nSPS) is 22.0. The molecular weight excluding hydrogens is 332 g/mol. The van der Waals surface area contributed by atoms with Gasteiger partial charge in [0.25, 0.3) is 0 Å². The van der Waals surface area contributed by atoms with E-state index in [9.17, 15) is 0 Å². The van der Waals surface area contributed by atoms with E-state index in [1.807, 2.05) is 11.8 Å². The van der Waals surface area contributed by atoms with Crippen LogP contribution < -0.4 is 0 Å². The van der Waals surface area contributed by atoms with Crippen LogP contribution in [0.5, 0.6) is 0 Å². The van der Waals surface area contributed by atoms with Crippen molar-refractivity contribution in [2.45, 2.75) is 31.3 Å². The second kappa shape index (κ2) is 6.68. The largest absolute Gasteiger partial charge is 0.412 e. The molecule has 24 heavy (non-hydrogen) atoms. The topological polar surface area (TPSA) is 18.5 Å². The molecule has 2 aromatic rings. The highest BCUT2D eigenvalue weighted by Crippen LogP contribution is 2.60. The van der Waals surface area contributed by atoms with Gasteiger partial charge in [0.05, 0.1) is 6.61 Å². The Morgan fingerprint density at radius 2 is 1.46 bits per heavy atom. The van der Waals surface area contributed by atoms with E-state index in [-0.39, 0.29) is 5.41 Å². The molecular formula is C20H26O2SSi. The van der Waals surface area contributed by atoms with Crippen LogP contribution in [0.2, 0.25) is 0 Å². The summed E-state index contributed by atoms with van der Waals surface area (Å²) in [5.74, 6) is 0.990. The monoisotopic (exact) mass is 358 g/mol. The summed E-state index contributed by atoms with van der Waals surface area (Å²) in [4.78, 5) is -0.468. The van der Waals surface area contributed by atoms with E-state index in [4.69, 9.17) is 9.16 Å². The van der Waals surface area contributed by atoms with Gasteiger partial charge in [-0.3, -0.25) is 0 Å². The van der Waals surface area contributed by atoms with Gasteiger partial charge < -0.3 is 9.16 Å². The molecule has 128 valence electrons. The number of hydrogen-bond donors (Lipinski definition) is 0. The number of thioether (sulfide) groups is 1. The Morgan fingerprint density at radius 3 is 1.79 bits per heavy atom. The molecule has 2 aromatic carbocycles. The first-order valence-electron chi connectivity index (χ1n) is 8.42. The van der Waals surface area contributed by atoms with E-state index < -0.39 is 10.5 Å². The Kier molecular flexibility index (Phi) is 4.93. The summed E-state index contributed by atoms with van der Waals surface area (Å²) < 4.78 is 13.0. The minimum atomic E-state index is -0.610. The van der Waals surface area contributed by atoms with Crippen LogP contribution in [0.4, 0.5) is 0 Å². The molecule has 1 heterocycles. The van der Waals surface area contributed by atoms with Crippen molar-refractivity contribution in [3.63, 3.8) is 0 Å². The van der Waals surface area contributed by atoms with Crippen LogP contribution >= 0.6 is 11.8 Å². The third-order valence-corrected chi connectivity index (χ3v) is 7.22. The lowest BCUT2D eigenvalue weighted by Gasteiger charge is -2.53. The van der Waals surface area contributed by atoms with Crippen molar-refractivity contribution in [1.29, 1.82) is 0 Å². The molecule has 1 saturated heterocycles. The van der Waals surface area contributed by atoms with E-state index in [0.717, 1.165) is 23.5 Å². The number of hydrogen-bond acceptors (Lipinski definition) is 3. The van der Waals surface area contributed by atoms with E-state index >= 15 is 0 Å². The van der Waals surface area contributed by atoms with Crippen molar-refractivity contribution in [2.75, 3.05) is 12.4 Å². The summed E-state index contributed by atoms with van der Waals surface area (Å²) in [5, 5.41) is 0. The van der Waals surface area contributed by atoms with Crippen molar-refractivity contribution in [3.8, 4) is 0 Å². The Balaban J connectivity index is 2.34. The zero-order valence-corrected chi connectivity index (χ0v) is 17.7. The van der Waals surface area contributed by atoms with E-state index in [0.29, 0.717) is 10.5 Å². The molecule has 3 rings (SSSR count). The van der Waals surface area contributed by atoms with Crippen molar-refractivity contribution in [3.05, 3.63) is 71.8 Å². The zero-order chi connectivity index (χ0) is 17.3. The van der Waals surface area contributed by atoms with Gasteiger partial charge in [-0.05, 0) is 11.1 Å². The minimum Gasteiger partial charge on any atom is -0.412 e. The molecule has 0 amide bonds. The van der Waals surface area contributed by atoms with Gasteiger partial charge in [-0.2, -0.15) is 0 Å². The Bertz CT molecular complexity index is 622. The summed E-state index contributed by atoms with van der Waals surface area (Å²) in [6, 6.07) is 21.1. The van der Waals surface area contributed by atoms with Gasteiger partial charge in [0.2, 0.25) is 0 Å². The standard InChI is InChI=1S/C20H26O2SSi/c1-18(2,3)20(21-14-15-23-20)19(22-24,16-10-6-4-7-11-16)17-12-8-5-9-13-17/h4-13H,14-15H2,1-3,24H3/t20-/m0/s1. The predicted molar refractivity (Wildman–Crippen MR) is 105 cm³/mol. The highest BCUT2D eigenvalue weighted by molar-refractivity contribution is 8.00. The van der Waals surface area contributed by atoms with Crippen LogP contribution in [-0.4, -0.2) is 27.8 Å². The van der Waals surface area contributed by atoms with E-state index in [1.54, 1.807) is 0 Å². The van der Waals surface area contributed by atoms with Gasteiger partial charge in [-0.15, -0.1) is 11.8 Å². The number of ether oxygens (including phenoxy) is 1. The molecule has 1 atom stereocenters. The molecule has 0 spiro atoms. The first-order chi connectivity index (χ1) is 11.5. The second-order valence-electron chi connectivity index (χ2n) is 7.18. The lowest BCUT2D eigenvalue weighted by atomic mass is 9.70. The van der Waals surface area contributed by atoms with Crippen molar-refractivity contribution in [2.24, 2.45) is 5.41 Å². The van der Waals surface area contributed by atoms with Crippen molar-refractivity contribution < 1.29 is 9.16 Å². The molecule has 1 fully saturated rings. The van der Waals surface area contributed by atoms with Crippen LogP contribution in [0.25, 0.3) is 0 Å². The Hall–Kier alpha value is -1.07. The van der Waals surface area contributed by atoms with Gasteiger partial charge in [0, 0.05) is 11.2 Å². The molecule has 0 radical (unpaired) electrons. The lowest BCUT2D eigenvalue weighted by molar-refractivity contribution is -0.137. The molecule has 0 aromatic heterocycles. The average molecular weight is 359 g/mol. The molecule has 0 N–H and O–H groups in total. The van der Waals surface area contributed by atoms with Crippen LogP contribution in [0.1, 0.15) is 31.9 Å². The van der Waals surface area contributed by atoms with E-state index in [2.05, 4.69) is 81.4 Å². The first kappa shape index (κ1) is 17.7. The van der Waals surface area contributed by atoms with Crippen LogP contribution in [0.3, 0.4) is 0 Å². The minimum absolute atomic E-state index is 0.0930. The second-order valence-corrected chi connectivity index (χ2v) is 8.86. The average Bonchev–Trinajstić information content (AvgIpc) is 3.09. The lowest BCUT2D eigenvalue weighted by Crippen LogP contribution is -2.59. The maximum atomic E-state index is 6.53. The molecule has 0 saturated carbocycles. The molecule has 2 nitrogen and oxygen atoms in total. The highest BCUT2D eigenvalue weighted by atomic mass is 32.2. The fraction of sp³-hybridized carbons (Fsp3) is 0.400. The van der Waals surface area contributed by atoms with Crippen molar-refractivity contribution >= 4 is 22.2 Å². The molecule has 0 bridgehead atoms. The van der Waals surface area contributed by atoms with Gasteiger partial charge in [0.15, 0.2) is 4.93 Å². The maximum absolute atomic E-state index is 6.53. The predicted octanol–water partition coefficient (Wildman–Crippen LogP) is 3.73. The van der Waals surface area contributed by atoms with Crippen LogP contribution in [-0.2, 0) is 14.8 Å². The zero-order valence-electron chi connectivity index (χ0n) is 14.9. The molecule has 4 heteroatoms. The summed E-state index contributed by atoms with van der Waals surface area (Å²) >= 11 is 1.89. The highest BCUT2D eigenvalue weighted by Gasteiger charge is 2.63. The molecule has 0 aliphatic carbocycles. The number of benzene rings is 2. The third-order valence-electron chi connectivity index (χ3n) is 4.81. The van der Waals surface area contributed by atoms with Gasteiger partial charge in [0.1, 0.15) is 16.1 Å². The van der Waals surface area contributed by atoms with Gasteiger partial charge in [-0.1, -0.05) is 81.4 Å². The van der Waals surface area contributed by atoms with Crippen LogP contribution in [0, 0.1) is 5.41 Å². The van der Waals surface area contributed by atoms with Crippen molar-refractivity contribution in [1.82, 2.24) is 0 Å². The Morgan fingerprint density at radius 1 is 0.958 bits per heavy atom. The van der Waals surface area contributed by atoms with Gasteiger partial charge >= 0.3 is 0 Å². The number of rotatable bonds is 4. The molecule has 0 unspecified atom stereocenters. The summed E-state index contributed by atoms with van der Waals surface area (Å²) in [6.07, 6.45) is 0. The molecule has 1 aliphatic rings. The fourth-order valence-corrected chi connectivity index (χ4v) is 6.32. The Labute approximate surface area is 152 Å². The first-order valence-corrected chi connectivity index (χ1v) is 10.2. The summed E-state index contributed by atoms with van der Waals surface area (Å²) in [5.41, 5.74) is 1.62. The summed E-state index contributed by atoms with van der Waals surface area (Å²) in [7, 11) is 0.624. The smallest absolute Gasteiger partial charge is 0.154 e. The quantitative estimate of drug-likeness (QED) is 0.776. The SMILES string of the molecule is CC(C)(C)[C@]1(C(O[SiH3])(c2ccccc2)c2ccccc2)OCCS1. The maximum Gasteiger partial charge on any atom is 0.154 e.